The molecule has 1 aromatic rings. The van der Waals surface area contributed by atoms with E-state index in [1.165, 1.54) is 6.07 Å². The van der Waals surface area contributed by atoms with E-state index >= 15 is 0 Å². The maximum Gasteiger partial charge on any atom is 0.248 e. The first-order valence-electron chi connectivity index (χ1n) is 7.80. The maximum atomic E-state index is 13.6. The molecule has 4 nitrogen and oxygen atoms in total. The summed E-state index contributed by atoms with van der Waals surface area (Å²) in [5.41, 5.74) is 3.38. The van der Waals surface area contributed by atoms with Gasteiger partial charge in [0.1, 0.15) is 5.82 Å². The summed E-state index contributed by atoms with van der Waals surface area (Å²) in [5.74, 6) is -0.0848. The molecule has 0 radical (unpaired) electrons. The zero-order chi connectivity index (χ0) is 18.9. The number of rotatable bonds is 6. The van der Waals surface area contributed by atoms with Gasteiger partial charge >= 0.3 is 0 Å². The largest absolute Gasteiger partial charge is 0.400 e. The van der Waals surface area contributed by atoms with Gasteiger partial charge in [0.2, 0.25) is 5.91 Å². The third-order valence-corrected chi connectivity index (χ3v) is 4.82. The first-order valence-corrected chi connectivity index (χ1v) is 8.59. The summed E-state index contributed by atoms with van der Waals surface area (Å²) in [7, 11) is 4.45. The molecular formula is C18H28BrFN2O2. The van der Waals surface area contributed by atoms with Crippen LogP contribution in [0.3, 0.4) is 0 Å². The minimum atomic E-state index is -0.229. The Morgan fingerprint density at radius 3 is 2.33 bits per heavy atom. The van der Waals surface area contributed by atoms with Crippen LogP contribution in [0.25, 0.3) is 0 Å². The zero-order valence-corrected chi connectivity index (χ0v) is 16.8. The topological polar surface area (TPSA) is 61.4 Å². The molecule has 0 aromatic heterocycles. The summed E-state index contributed by atoms with van der Waals surface area (Å²) < 4.78 is 14.4. The van der Waals surface area contributed by atoms with Crippen LogP contribution in [-0.4, -0.2) is 38.8 Å². The third-order valence-electron chi connectivity index (χ3n) is 3.72. The molecule has 0 aliphatic rings. The number of hydrogen-bond acceptors (Lipinski definition) is 3. The Bertz CT molecular complexity index is 587. The van der Waals surface area contributed by atoms with Crippen molar-refractivity contribution >= 4 is 21.8 Å². The lowest BCUT2D eigenvalue weighted by atomic mass is 9.90. The normalized spacial score (nSPS) is 11.6. The standard InChI is InChI=1S/C17H24BrFN2O.CH4O/c1-10(2)13(14(9-20-4)17(22)21-5)8-12-6-7-15(19)11(3)16(12)18;1-2/h6-7,10,20H,8-9H2,1-5H3,(H,21,22);2H,1H3/b14-13+;. The van der Waals surface area contributed by atoms with Crippen molar-refractivity contribution in [2.45, 2.75) is 27.2 Å². The number of aliphatic hydroxyl groups excluding tert-OH is 1. The fraction of sp³-hybridized carbons (Fsp3) is 0.500. The monoisotopic (exact) mass is 402 g/mol. The summed E-state index contributed by atoms with van der Waals surface area (Å²) in [6, 6.07) is 3.25. The van der Waals surface area contributed by atoms with Crippen molar-refractivity contribution in [3.8, 4) is 0 Å². The third kappa shape index (κ3) is 6.00. The molecule has 0 aliphatic carbocycles. The molecule has 6 heteroatoms. The lowest BCUT2D eigenvalue weighted by Crippen LogP contribution is -2.29. The SMILES string of the molecule is CNC/C(C(=O)NC)=C(/Cc1ccc(F)c(C)c1Br)C(C)C.CO. The minimum Gasteiger partial charge on any atom is -0.400 e. The summed E-state index contributed by atoms with van der Waals surface area (Å²) in [6.45, 7) is 6.39. The number of amides is 1. The van der Waals surface area contributed by atoms with Crippen LogP contribution in [0.2, 0.25) is 0 Å². The van der Waals surface area contributed by atoms with E-state index in [9.17, 15) is 9.18 Å². The number of carbonyl (C=O) groups excluding carboxylic acids is 1. The molecule has 0 heterocycles. The van der Waals surface area contributed by atoms with Crippen LogP contribution in [0.1, 0.15) is 25.0 Å². The molecule has 136 valence electrons. The number of carbonyl (C=O) groups is 1. The molecule has 0 saturated heterocycles. The highest BCUT2D eigenvalue weighted by Gasteiger charge is 2.18. The molecule has 3 N–H and O–H groups in total. The predicted octanol–water partition coefficient (Wildman–Crippen LogP) is 2.97. The van der Waals surface area contributed by atoms with Crippen LogP contribution in [0, 0.1) is 18.7 Å². The Labute approximate surface area is 152 Å². The minimum absolute atomic E-state index is 0.0759. The number of benzene rings is 1. The van der Waals surface area contributed by atoms with Crippen LogP contribution in [0.15, 0.2) is 27.8 Å². The molecule has 0 spiro atoms. The number of hydrogen-bond donors (Lipinski definition) is 3. The molecule has 24 heavy (non-hydrogen) atoms. The lowest BCUT2D eigenvalue weighted by molar-refractivity contribution is -0.117. The fourth-order valence-electron chi connectivity index (χ4n) is 2.39. The number of aliphatic hydroxyl groups is 1. The van der Waals surface area contributed by atoms with E-state index in [1.807, 2.05) is 7.05 Å². The summed E-state index contributed by atoms with van der Waals surface area (Å²) in [5, 5.41) is 12.7. The molecule has 1 amide bonds. The molecule has 0 unspecified atom stereocenters. The summed E-state index contributed by atoms with van der Waals surface area (Å²) in [4.78, 5) is 12.2. The van der Waals surface area contributed by atoms with Crippen molar-refractivity contribution in [3.63, 3.8) is 0 Å². The Morgan fingerprint density at radius 2 is 1.88 bits per heavy atom. The van der Waals surface area contributed by atoms with Crippen LogP contribution in [0.5, 0.6) is 0 Å². The van der Waals surface area contributed by atoms with E-state index in [-0.39, 0.29) is 17.6 Å². The number of nitrogens with one attached hydrogen (secondary N) is 2. The van der Waals surface area contributed by atoms with Gasteiger partial charge in [-0.1, -0.05) is 41.4 Å². The maximum absolute atomic E-state index is 13.6. The fourth-order valence-corrected chi connectivity index (χ4v) is 2.85. The van der Waals surface area contributed by atoms with Gasteiger partial charge in [-0.05, 0) is 43.5 Å². The Balaban J connectivity index is 0.00000254. The van der Waals surface area contributed by atoms with Crippen LogP contribution < -0.4 is 10.6 Å². The average Bonchev–Trinajstić information content (AvgIpc) is 2.58. The molecular weight excluding hydrogens is 375 g/mol. The van der Waals surface area contributed by atoms with Crippen molar-refractivity contribution < 1.29 is 14.3 Å². The van der Waals surface area contributed by atoms with Gasteiger partial charge in [-0.25, -0.2) is 4.39 Å². The highest BCUT2D eigenvalue weighted by Crippen LogP contribution is 2.28. The molecule has 0 saturated carbocycles. The van der Waals surface area contributed by atoms with Crippen molar-refractivity contribution in [3.05, 3.63) is 44.7 Å². The van der Waals surface area contributed by atoms with Gasteiger partial charge in [0.05, 0.1) is 0 Å². The van der Waals surface area contributed by atoms with Crippen LogP contribution in [0.4, 0.5) is 4.39 Å². The van der Waals surface area contributed by atoms with E-state index in [4.69, 9.17) is 5.11 Å². The smallest absolute Gasteiger partial charge is 0.248 e. The van der Waals surface area contributed by atoms with Gasteiger partial charge in [0.25, 0.3) is 0 Å². The predicted molar refractivity (Wildman–Crippen MR) is 101 cm³/mol. The van der Waals surface area contributed by atoms with Crippen molar-refractivity contribution in [2.24, 2.45) is 5.92 Å². The van der Waals surface area contributed by atoms with Gasteiger partial charge in [-0.2, -0.15) is 0 Å². The second-order valence-electron chi connectivity index (χ2n) is 5.59. The highest BCUT2D eigenvalue weighted by molar-refractivity contribution is 9.10. The van der Waals surface area contributed by atoms with E-state index < -0.39 is 0 Å². The second kappa shape index (κ2) is 11.3. The lowest BCUT2D eigenvalue weighted by Gasteiger charge is -2.19. The molecule has 0 bridgehead atoms. The van der Waals surface area contributed by atoms with Gasteiger partial charge in [0.15, 0.2) is 0 Å². The van der Waals surface area contributed by atoms with E-state index in [2.05, 4.69) is 40.4 Å². The van der Waals surface area contributed by atoms with Gasteiger partial charge < -0.3 is 15.7 Å². The van der Waals surface area contributed by atoms with E-state index in [0.717, 1.165) is 28.3 Å². The quantitative estimate of drug-likeness (QED) is 0.640. The molecule has 0 atom stereocenters. The van der Waals surface area contributed by atoms with Gasteiger partial charge in [-0.3, -0.25) is 4.79 Å². The highest BCUT2D eigenvalue weighted by atomic mass is 79.9. The Kier molecular flexibility index (Phi) is 10.8. The summed E-state index contributed by atoms with van der Waals surface area (Å²) >= 11 is 3.47. The van der Waals surface area contributed by atoms with Crippen LogP contribution in [-0.2, 0) is 11.2 Å². The number of halogens is 2. The summed E-state index contributed by atoms with van der Waals surface area (Å²) in [6.07, 6.45) is 0.615. The molecule has 1 rings (SSSR count). The molecule has 1 aromatic carbocycles. The molecule has 0 fully saturated rings. The zero-order valence-electron chi connectivity index (χ0n) is 15.3. The first kappa shape index (κ1) is 22.8. The van der Waals surface area contributed by atoms with Crippen LogP contribution >= 0.6 is 15.9 Å². The van der Waals surface area contributed by atoms with Crippen molar-refractivity contribution in [1.29, 1.82) is 0 Å². The Hall–Kier alpha value is -1.24. The van der Waals surface area contributed by atoms with Gasteiger partial charge in [-0.15, -0.1) is 0 Å². The molecule has 0 aliphatic heterocycles. The van der Waals surface area contributed by atoms with Crippen molar-refractivity contribution in [2.75, 3.05) is 27.7 Å². The van der Waals surface area contributed by atoms with E-state index in [0.29, 0.717) is 18.5 Å². The number of likely N-dealkylation sites (N-methyl/N-ethyl adjacent to an activating group) is 2. The Morgan fingerprint density at radius 1 is 1.29 bits per heavy atom. The first-order chi connectivity index (χ1) is 11.3. The van der Waals surface area contributed by atoms with Crippen molar-refractivity contribution in [1.82, 2.24) is 10.6 Å². The number of allylic oxidation sites excluding steroid dienone is 1. The van der Waals surface area contributed by atoms with E-state index in [1.54, 1.807) is 20.0 Å². The average molecular weight is 403 g/mol. The van der Waals surface area contributed by atoms with Gasteiger partial charge in [0, 0.05) is 30.7 Å². The second-order valence-corrected chi connectivity index (χ2v) is 6.38.